The van der Waals surface area contributed by atoms with Crippen molar-refractivity contribution in [3.05, 3.63) is 29.8 Å². The quantitative estimate of drug-likeness (QED) is 0.596. The number of carbonyl (C=O) groups is 1. The highest BCUT2D eigenvalue weighted by molar-refractivity contribution is 5.76. The number of aryl methyl sites for hydroxylation is 1. The predicted molar refractivity (Wildman–Crippen MR) is 76.3 cm³/mol. The molecule has 0 radical (unpaired) electrons. The summed E-state index contributed by atoms with van der Waals surface area (Å²) in [7, 11) is 1.89. The summed E-state index contributed by atoms with van der Waals surface area (Å²) in [6, 6.07) is 7.73. The number of rotatable bonds is 7. The number of hydrogen-bond donors (Lipinski definition) is 1. The van der Waals surface area contributed by atoms with E-state index in [0.29, 0.717) is 6.42 Å². The van der Waals surface area contributed by atoms with Crippen molar-refractivity contribution in [2.45, 2.75) is 39.0 Å². The molecule has 0 aromatic heterocycles. The molecule has 3 heteroatoms. The third-order valence-corrected chi connectivity index (χ3v) is 3.13. The Morgan fingerprint density at radius 1 is 1.22 bits per heavy atom. The zero-order chi connectivity index (χ0) is 13.4. The Morgan fingerprint density at radius 3 is 2.50 bits per heavy atom. The molecule has 0 atom stereocenters. The molecule has 0 saturated heterocycles. The number of anilines is 1. The molecular formula is C15H24N2O. The van der Waals surface area contributed by atoms with E-state index in [1.54, 1.807) is 0 Å². The maximum atomic E-state index is 11.9. The number of nitrogens with zero attached hydrogens (tertiary/aromatic N) is 1. The van der Waals surface area contributed by atoms with Gasteiger partial charge in [0, 0.05) is 25.7 Å². The number of amides is 1. The van der Waals surface area contributed by atoms with Gasteiger partial charge in [0.05, 0.1) is 0 Å². The lowest BCUT2D eigenvalue weighted by Gasteiger charge is -2.16. The van der Waals surface area contributed by atoms with Crippen molar-refractivity contribution in [2.24, 2.45) is 0 Å². The molecule has 1 rings (SSSR count). The molecule has 0 aliphatic carbocycles. The molecule has 0 spiro atoms. The number of carbonyl (C=O) groups excluding carboxylic acids is 1. The molecule has 0 saturated carbocycles. The standard InChI is InChI=1S/C15H24N2O/c1-3-4-5-12-17(2)15(18)11-8-13-6-9-14(16)10-7-13/h6-7,9-10H,3-5,8,11-12,16H2,1-2H3. The summed E-state index contributed by atoms with van der Waals surface area (Å²) in [5, 5.41) is 0. The molecule has 100 valence electrons. The Kier molecular flexibility index (Phi) is 6.26. The van der Waals surface area contributed by atoms with Crippen LogP contribution in [0.4, 0.5) is 5.69 Å². The largest absolute Gasteiger partial charge is 0.399 e. The van der Waals surface area contributed by atoms with Crippen molar-refractivity contribution in [3.63, 3.8) is 0 Å². The highest BCUT2D eigenvalue weighted by Crippen LogP contribution is 2.08. The summed E-state index contributed by atoms with van der Waals surface area (Å²) in [5.74, 6) is 0.225. The fraction of sp³-hybridized carbons (Fsp3) is 0.533. The van der Waals surface area contributed by atoms with E-state index in [1.165, 1.54) is 18.4 Å². The number of nitrogen functional groups attached to an aromatic ring is 1. The van der Waals surface area contributed by atoms with E-state index in [4.69, 9.17) is 5.73 Å². The van der Waals surface area contributed by atoms with Crippen LogP contribution in [0.5, 0.6) is 0 Å². The summed E-state index contributed by atoms with van der Waals surface area (Å²) < 4.78 is 0. The summed E-state index contributed by atoms with van der Waals surface area (Å²) >= 11 is 0. The Morgan fingerprint density at radius 2 is 1.89 bits per heavy atom. The Labute approximate surface area is 110 Å². The van der Waals surface area contributed by atoms with Crippen LogP contribution in [0.3, 0.4) is 0 Å². The van der Waals surface area contributed by atoms with Crippen LogP contribution < -0.4 is 5.73 Å². The van der Waals surface area contributed by atoms with E-state index in [0.717, 1.165) is 25.1 Å². The second-order valence-corrected chi connectivity index (χ2v) is 4.76. The average Bonchev–Trinajstić information content (AvgIpc) is 2.38. The van der Waals surface area contributed by atoms with Crippen LogP contribution in [0, 0.1) is 0 Å². The normalized spacial score (nSPS) is 10.3. The lowest BCUT2D eigenvalue weighted by atomic mass is 10.1. The van der Waals surface area contributed by atoms with Crippen molar-refractivity contribution in [1.29, 1.82) is 0 Å². The number of benzene rings is 1. The van der Waals surface area contributed by atoms with E-state index in [1.807, 2.05) is 36.2 Å². The Balaban J connectivity index is 2.29. The monoisotopic (exact) mass is 248 g/mol. The minimum absolute atomic E-state index is 0.225. The zero-order valence-electron chi connectivity index (χ0n) is 11.5. The van der Waals surface area contributed by atoms with Crippen molar-refractivity contribution < 1.29 is 4.79 Å². The molecule has 0 heterocycles. The van der Waals surface area contributed by atoms with Crippen LogP contribution in [-0.4, -0.2) is 24.4 Å². The molecule has 0 aliphatic rings. The van der Waals surface area contributed by atoms with Gasteiger partial charge in [-0.15, -0.1) is 0 Å². The third-order valence-electron chi connectivity index (χ3n) is 3.13. The van der Waals surface area contributed by atoms with Gasteiger partial charge in [-0.05, 0) is 30.5 Å². The van der Waals surface area contributed by atoms with Gasteiger partial charge in [-0.1, -0.05) is 31.9 Å². The van der Waals surface area contributed by atoms with E-state index >= 15 is 0 Å². The molecule has 0 fully saturated rings. The molecule has 18 heavy (non-hydrogen) atoms. The number of hydrogen-bond acceptors (Lipinski definition) is 2. The van der Waals surface area contributed by atoms with Gasteiger partial charge in [0.25, 0.3) is 0 Å². The van der Waals surface area contributed by atoms with Crippen molar-refractivity contribution in [3.8, 4) is 0 Å². The summed E-state index contributed by atoms with van der Waals surface area (Å²) in [6.45, 7) is 3.04. The maximum absolute atomic E-state index is 11.9. The van der Waals surface area contributed by atoms with Gasteiger partial charge in [-0.3, -0.25) is 4.79 Å². The second-order valence-electron chi connectivity index (χ2n) is 4.76. The fourth-order valence-corrected chi connectivity index (χ4v) is 1.85. The molecule has 1 amide bonds. The molecule has 0 aliphatic heterocycles. The molecule has 3 nitrogen and oxygen atoms in total. The van der Waals surface area contributed by atoms with Gasteiger partial charge in [0.2, 0.25) is 5.91 Å². The van der Waals surface area contributed by atoms with E-state index in [9.17, 15) is 4.79 Å². The summed E-state index contributed by atoms with van der Waals surface area (Å²) in [6.07, 6.45) is 4.84. The van der Waals surface area contributed by atoms with Gasteiger partial charge >= 0.3 is 0 Å². The minimum Gasteiger partial charge on any atom is -0.399 e. The van der Waals surface area contributed by atoms with Crippen LogP contribution in [0.1, 0.15) is 38.2 Å². The fourth-order valence-electron chi connectivity index (χ4n) is 1.85. The first-order valence-electron chi connectivity index (χ1n) is 6.72. The first-order valence-corrected chi connectivity index (χ1v) is 6.72. The van der Waals surface area contributed by atoms with Gasteiger partial charge in [0.15, 0.2) is 0 Å². The second kappa shape index (κ2) is 7.75. The average molecular weight is 248 g/mol. The van der Waals surface area contributed by atoms with Crippen LogP contribution in [0.2, 0.25) is 0 Å². The highest BCUT2D eigenvalue weighted by Gasteiger charge is 2.08. The lowest BCUT2D eigenvalue weighted by molar-refractivity contribution is -0.129. The third kappa shape index (κ3) is 5.21. The summed E-state index contributed by atoms with van der Waals surface area (Å²) in [5.41, 5.74) is 7.56. The van der Waals surface area contributed by atoms with Crippen molar-refractivity contribution in [1.82, 2.24) is 4.90 Å². The van der Waals surface area contributed by atoms with E-state index < -0.39 is 0 Å². The summed E-state index contributed by atoms with van der Waals surface area (Å²) in [4.78, 5) is 13.7. The lowest BCUT2D eigenvalue weighted by Crippen LogP contribution is -2.27. The van der Waals surface area contributed by atoms with Gasteiger partial charge in [0.1, 0.15) is 0 Å². The van der Waals surface area contributed by atoms with E-state index in [-0.39, 0.29) is 5.91 Å². The maximum Gasteiger partial charge on any atom is 0.222 e. The van der Waals surface area contributed by atoms with Gasteiger partial charge in [-0.2, -0.15) is 0 Å². The Hall–Kier alpha value is -1.51. The SMILES string of the molecule is CCCCCN(C)C(=O)CCc1ccc(N)cc1. The molecular weight excluding hydrogens is 224 g/mol. The minimum atomic E-state index is 0.225. The molecule has 0 bridgehead atoms. The first-order chi connectivity index (χ1) is 8.63. The van der Waals surface area contributed by atoms with Crippen molar-refractivity contribution in [2.75, 3.05) is 19.3 Å². The van der Waals surface area contributed by atoms with Crippen LogP contribution in [-0.2, 0) is 11.2 Å². The highest BCUT2D eigenvalue weighted by atomic mass is 16.2. The zero-order valence-corrected chi connectivity index (χ0v) is 11.5. The van der Waals surface area contributed by atoms with Crippen LogP contribution in [0.25, 0.3) is 0 Å². The topological polar surface area (TPSA) is 46.3 Å². The van der Waals surface area contributed by atoms with Gasteiger partial charge < -0.3 is 10.6 Å². The number of unbranched alkanes of at least 4 members (excludes halogenated alkanes) is 2. The van der Waals surface area contributed by atoms with E-state index in [2.05, 4.69) is 6.92 Å². The first kappa shape index (κ1) is 14.6. The van der Waals surface area contributed by atoms with Gasteiger partial charge in [-0.25, -0.2) is 0 Å². The smallest absolute Gasteiger partial charge is 0.222 e. The number of nitrogens with two attached hydrogens (primary N) is 1. The van der Waals surface area contributed by atoms with Crippen LogP contribution >= 0.6 is 0 Å². The van der Waals surface area contributed by atoms with Crippen molar-refractivity contribution >= 4 is 11.6 Å². The Bertz CT molecular complexity index is 359. The molecule has 1 aromatic rings. The molecule has 2 N–H and O–H groups in total. The van der Waals surface area contributed by atoms with Crippen LogP contribution in [0.15, 0.2) is 24.3 Å². The molecule has 0 unspecified atom stereocenters. The predicted octanol–water partition coefficient (Wildman–Crippen LogP) is 2.85. The molecule has 1 aromatic carbocycles.